The molecule has 1 fully saturated rings. The molecule has 4 rings (SSSR count). The van der Waals surface area contributed by atoms with E-state index >= 15 is 0 Å². The number of nitrogens with one attached hydrogen (secondary N) is 1. The summed E-state index contributed by atoms with van der Waals surface area (Å²) in [5.41, 5.74) is 0.923. The van der Waals surface area contributed by atoms with Gasteiger partial charge >= 0.3 is 0 Å². The summed E-state index contributed by atoms with van der Waals surface area (Å²) in [6.07, 6.45) is 4.14. The maximum Gasteiger partial charge on any atom is 0.243 e. The van der Waals surface area contributed by atoms with Crippen LogP contribution in [-0.4, -0.2) is 41.5 Å². The fraction of sp³-hybridized carbons (Fsp3) is 0.273. The highest BCUT2D eigenvalue weighted by Gasteiger charge is 2.33. The van der Waals surface area contributed by atoms with Gasteiger partial charge in [0, 0.05) is 24.8 Å². The van der Waals surface area contributed by atoms with Gasteiger partial charge in [-0.25, -0.2) is 17.2 Å². The van der Waals surface area contributed by atoms with Gasteiger partial charge in [-0.2, -0.15) is 9.40 Å². The van der Waals surface area contributed by atoms with Crippen molar-refractivity contribution in [2.45, 2.75) is 24.3 Å². The maximum absolute atomic E-state index is 13.8. The van der Waals surface area contributed by atoms with Gasteiger partial charge in [0.2, 0.25) is 15.9 Å². The second-order valence-corrected chi connectivity index (χ2v) is 9.60. The van der Waals surface area contributed by atoms with Gasteiger partial charge in [-0.3, -0.25) is 9.48 Å². The zero-order valence-electron chi connectivity index (χ0n) is 17.1. The van der Waals surface area contributed by atoms with Crippen molar-refractivity contribution in [3.05, 3.63) is 78.1 Å². The Morgan fingerprint density at radius 3 is 2.62 bits per heavy atom. The number of piperidine rings is 1. The number of aromatic nitrogens is 2. The van der Waals surface area contributed by atoms with Crippen LogP contribution in [0.25, 0.3) is 0 Å². The third kappa shape index (κ3) is 4.86. The molecule has 0 aliphatic carbocycles. The molecule has 2 heterocycles. The van der Waals surface area contributed by atoms with Crippen LogP contribution in [0.15, 0.2) is 65.8 Å². The highest BCUT2D eigenvalue weighted by molar-refractivity contribution is 7.89. The maximum atomic E-state index is 13.8. The molecule has 0 spiro atoms. The smallest absolute Gasteiger partial charge is 0.243 e. The molecule has 1 aliphatic heterocycles. The van der Waals surface area contributed by atoms with Crippen LogP contribution >= 0.6 is 0 Å². The summed E-state index contributed by atoms with van der Waals surface area (Å²) >= 11 is 0. The van der Waals surface area contributed by atoms with E-state index in [0.717, 1.165) is 12.1 Å². The first-order valence-electron chi connectivity index (χ1n) is 10.2. The molecule has 1 N–H and O–H groups in total. The van der Waals surface area contributed by atoms with E-state index in [0.29, 0.717) is 30.6 Å². The topological polar surface area (TPSA) is 84.3 Å². The summed E-state index contributed by atoms with van der Waals surface area (Å²) in [4.78, 5) is 12.8. The molecule has 3 aromatic rings. The highest BCUT2D eigenvalue weighted by atomic mass is 32.2. The van der Waals surface area contributed by atoms with E-state index in [2.05, 4.69) is 10.4 Å². The molecule has 1 aliphatic rings. The number of hydrogen-bond donors (Lipinski definition) is 1. The first-order valence-corrected chi connectivity index (χ1v) is 11.6. The third-order valence-corrected chi connectivity index (χ3v) is 7.28. The van der Waals surface area contributed by atoms with Crippen molar-refractivity contribution in [2.24, 2.45) is 5.92 Å². The first-order chi connectivity index (χ1) is 15.3. The molecule has 168 valence electrons. The second kappa shape index (κ2) is 9.17. The predicted octanol–water partition coefficient (Wildman–Crippen LogP) is 3.25. The van der Waals surface area contributed by atoms with E-state index in [4.69, 9.17) is 0 Å². The normalized spacial score (nSPS) is 17.2. The van der Waals surface area contributed by atoms with Crippen molar-refractivity contribution in [1.29, 1.82) is 0 Å². The number of carbonyl (C=O) groups is 1. The number of rotatable bonds is 6. The largest absolute Gasteiger partial charge is 0.323 e. The van der Waals surface area contributed by atoms with Crippen LogP contribution in [0.4, 0.5) is 14.5 Å². The minimum Gasteiger partial charge on any atom is -0.323 e. The summed E-state index contributed by atoms with van der Waals surface area (Å²) in [5, 5.41) is 6.91. The molecule has 7 nitrogen and oxygen atoms in total. The molecule has 0 radical (unpaired) electrons. The lowest BCUT2D eigenvalue weighted by Gasteiger charge is -2.31. The summed E-state index contributed by atoms with van der Waals surface area (Å²) in [7, 11) is -3.82. The third-order valence-electron chi connectivity index (χ3n) is 5.40. The number of nitrogens with zero attached hydrogens (tertiary/aromatic N) is 3. The van der Waals surface area contributed by atoms with Crippen LogP contribution in [0.2, 0.25) is 0 Å². The Bertz CT molecular complexity index is 1210. The first kappa shape index (κ1) is 22.1. The molecular weight excluding hydrogens is 438 g/mol. The van der Waals surface area contributed by atoms with E-state index in [9.17, 15) is 22.0 Å². The quantitative estimate of drug-likeness (QED) is 0.612. The molecule has 0 bridgehead atoms. The van der Waals surface area contributed by atoms with Gasteiger partial charge in [-0.05, 0) is 43.2 Å². The summed E-state index contributed by atoms with van der Waals surface area (Å²) in [6.45, 7) is 0.550. The molecule has 32 heavy (non-hydrogen) atoms. The number of hydrogen-bond acceptors (Lipinski definition) is 4. The number of benzene rings is 2. The summed E-state index contributed by atoms with van der Waals surface area (Å²) in [5.74, 6) is -1.70. The number of carbonyl (C=O) groups excluding carboxylic acids is 1. The molecular formula is C22H22F2N4O3S. The van der Waals surface area contributed by atoms with Crippen LogP contribution in [0.1, 0.15) is 18.4 Å². The Morgan fingerprint density at radius 2 is 1.88 bits per heavy atom. The lowest BCUT2D eigenvalue weighted by molar-refractivity contribution is -0.120. The lowest BCUT2D eigenvalue weighted by Crippen LogP contribution is -2.43. The molecule has 0 unspecified atom stereocenters. The molecule has 10 heteroatoms. The monoisotopic (exact) mass is 460 g/mol. The van der Waals surface area contributed by atoms with E-state index in [-0.39, 0.29) is 29.7 Å². The van der Waals surface area contributed by atoms with Gasteiger partial charge in [0.05, 0.1) is 29.2 Å². The van der Waals surface area contributed by atoms with Gasteiger partial charge < -0.3 is 5.32 Å². The minimum absolute atomic E-state index is 0.00520. The zero-order chi connectivity index (χ0) is 22.7. The van der Waals surface area contributed by atoms with Gasteiger partial charge in [-0.15, -0.1) is 0 Å². The number of sulfonamides is 1. The zero-order valence-corrected chi connectivity index (χ0v) is 17.9. The molecule has 0 saturated carbocycles. The van der Waals surface area contributed by atoms with Gasteiger partial charge in [0.25, 0.3) is 0 Å². The molecule has 1 saturated heterocycles. The molecule has 1 amide bonds. The Hall–Kier alpha value is -3.11. The van der Waals surface area contributed by atoms with Crippen molar-refractivity contribution in [2.75, 3.05) is 18.4 Å². The average molecular weight is 461 g/mol. The van der Waals surface area contributed by atoms with Gasteiger partial charge in [-0.1, -0.05) is 18.2 Å². The Balaban J connectivity index is 1.40. The van der Waals surface area contributed by atoms with E-state index < -0.39 is 21.8 Å². The number of halogens is 2. The summed E-state index contributed by atoms with van der Waals surface area (Å²) in [6, 6.07) is 11.0. The molecule has 1 aromatic heterocycles. The Labute approximate surface area is 184 Å². The van der Waals surface area contributed by atoms with Crippen molar-refractivity contribution in [3.8, 4) is 0 Å². The SMILES string of the molecule is O=C(Nc1cnn(Cc2ccccc2F)c1)[C@H]1CCCN(S(=O)(=O)c2ccc(F)cc2)C1. The van der Waals surface area contributed by atoms with E-state index in [1.165, 1.54) is 33.4 Å². The highest BCUT2D eigenvalue weighted by Crippen LogP contribution is 2.25. The van der Waals surface area contributed by atoms with Crippen LogP contribution in [-0.2, 0) is 21.4 Å². The van der Waals surface area contributed by atoms with Crippen molar-refractivity contribution in [1.82, 2.24) is 14.1 Å². The van der Waals surface area contributed by atoms with Crippen molar-refractivity contribution in [3.63, 3.8) is 0 Å². The second-order valence-electron chi connectivity index (χ2n) is 7.66. The van der Waals surface area contributed by atoms with E-state index in [1.54, 1.807) is 24.4 Å². The number of amides is 1. The standard InChI is InChI=1S/C22H22F2N4O3S/c23-18-7-9-20(10-8-18)32(30,31)28-11-3-5-17(14-28)22(29)26-19-12-25-27(15-19)13-16-4-1-2-6-21(16)24/h1-2,4,6-10,12,15,17H,3,5,11,13-14H2,(H,26,29)/t17-/m0/s1. The van der Waals surface area contributed by atoms with E-state index in [1.807, 2.05) is 0 Å². The predicted molar refractivity (Wildman–Crippen MR) is 114 cm³/mol. The minimum atomic E-state index is -3.82. The lowest BCUT2D eigenvalue weighted by atomic mass is 9.99. The van der Waals surface area contributed by atoms with Crippen LogP contribution in [0, 0.1) is 17.6 Å². The van der Waals surface area contributed by atoms with Crippen molar-refractivity contribution >= 4 is 21.6 Å². The fourth-order valence-corrected chi connectivity index (χ4v) is 5.21. The Morgan fingerprint density at radius 1 is 1.12 bits per heavy atom. The van der Waals surface area contributed by atoms with Crippen LogP contribution in [0.3, 0.4) is 0 Å². The number of anilines is 1. The Kier molecular flexibility index (Phi) is 6.33. The molecule has 2 aromatic carbocycles. The van der Waals surface area contributed by atoms with Crippen molar-refractivity contribution < 1.29 is 22.0 Å². The molecule has 1 atom stereocenters. The van der Waals surface area contributed by atoms with Gasteiger partial charge in [0.15, 0.2) is 0 Å². The summed E-state index contributed by atoms with van der Waals surface area (Å²) < 4.78 is 55.5. The van der Waals surface area contributed by atoms with Crippen LogP contribution in [0.5, 0.6) is 0 Å². The average Bonchev–Trinajstić information content (AvgIpc) is 3.22. The van der Waals surface area contributed by atoms with Gasteiger partial charge in [0.1, 0.15) is 11.6 Å². The van der Waals surface area contributed by atoms with Crippen LogP contribution < -0.4 is 5.32 Å². The fourth-order valence-electron chi connectivity index (χ4n) is 3.69.